The second-order valence-corrected chi connectivity index (χ2v) is 4.07. The monoisotopic (exact) mass is 278 g/mol. The molecule has 0 saturated carbocycles. The molecule has 0 bridgehead atoms. The molecule has 20 heavy (non-hydrogen) atoms. The Morgan fingerprint density at radius 2 is 1.75 bits per heavy atom. The van der Waals surface area contributed by atoms with Crippen molar-refractivity contribution in [2.45, 2.75) is 6.42 Å². The van der Waals surface area contributed by atoms with Crippen molar-refractivity contribution in [3.05, 3.63) is 24.2 Å². The highest BCUT2D eigenvalue weighted by atomic mass is 16.5. The van der Waals surface area contributed by atoms with Gasteiger partial charge in [0.05, 0.1) is 27.5 Å². The van der Waals surface area contributed by atoms with Crippen LogP contribution in [0.15, 0.2) is 22.7 Å². The standard InChI is InChI=1S/C14H18N2O4/c1-17-10-6-9(7-11(18-2)14(10)19-3)12-8-16-13(20-12)4-5-15/h6-8H,4-5,15H2,1-3H3. The van der Waals surface area contributed by atoms with E-state index >= 15 is 0 Å². The first kappa shape index (κ1) is 14.2. The Balaban J connectivity index is 2.45. The summed E-state index contributed by atoms with van der Waals surface area (Å²) in [5, 5.41) is 0. The molecule has 0 unspecified atom stereocenters. The number of hydrogen-bond donors (Lipinski definition) is 1. The predicted molar refractivity (Wildman–Crippen MR) is 74.4 cm³/mol. The zero-order valence-electron chi connectivity index (χ0n) is 11.8. The fourth-order valence-corrected chi connectivity index (χ4v) is 1.91. The third kappa shape index (κ3) is 2.70. The van der Waals surface area contributed by atoms with Gasteiger partial charge in [0.25, 0.3) is 0 Å². The van der Waals surface area contributed by atoms with Crippen molar-refractivity contribution < 1.29 is 18.6 Å². The van der Waals surface area contributed by atoms with E-state index in [9.17, 15) is 0 Å². The van der Waals surface area contributed by atoms with Gasteiger partial charge in [0.2, 0.25) is 5.75 Å². The first-order valence-corrected chi connectivity index (χ1v) is 6.18. The Morgan fingerprint density at radius 3 is 2.25 bits per heavy atom. The number of hydrogen-bond acceptors (Lipinski definition) is 6. The molecule has 0 spiro atoms. The summed E-state index contributed by atoms with van der Waals surface area (Å²) < 4.78 is 21.5. The maximum Gasteiger partial charge on any atom is 0.203 e. The lowest BCUT2D eigenvalue weighted by molar-refractivity contribution is 0.324. The lowest BCUT2D eigenvalue weighted by Gasteiger charge is -2.13. The summed E-state index contributed by atoms with van der Waals surface area (Å²) in [6.07, 6.45) is 2.26. The highest BCUT2D eigenvalue weighted by Crippen LogP contribution is 2.41. The Morgan fingerprint density at radius 1 is 1.10 bits per heavy atom. The van der Waals surface area contributed by atoms with Crippen molar-refractivity contribution in [2.75, 3.05) is 27.9 Å². The van der Waals surface area contributed by atoms with Gasteiger partial charge in [-0.1, -0.05) is 0 Å². The molecule has 0 atom stereocenters. The maximum absolute atomic E-state index is 5.64. The molecule has 2 aromatic rings. The van der Waals surface area contributed by atoms with E-state index in [2.05, 4.69) is 4.98 Å². The van der Waals surface area contributed by atoms with Gasteiger partial charge in [-0.2, -0.15) is 0 Å². The molecule has 0 radical (unpaired) electrons. The molecule has 1 aromatic carbocycles. The molecule has 0 aliphatic heterocycles. The number of oxazole rings is 1. The number of aromatic nitrogens is 1. The van der Waals surface area contributed by atoms with E-state index in [1.165, 1.54) is 0 Å². The van der Waals surface area contributed by atoms with E-state index < -0.39 is 0 Å². The van der Waals surface area contributed by atoms with E-state index in [0.717, 1.165) is 5.56 Å². The van der Waals surface area contributed by atoms with Gasteiger partial charge in [0.1, 0.15) is 0 Å². The summed E-state index contributed by atoms with van der Waals surface area (Å²) in [4.78, 5) is 4.18. The van der Waals surface area contributed by atoms with Crippen molar-refractivity contribution in [1.82, 2.24) is 4.98 Å². The van der Waals surface area contributed by atoms with Crippen LogP contribution in [0.25, 0.3) is 11.3 Å². The number of nitrogens with zero attached hydrogens (tertiary/aromatic N) is 1. The van der Waals surface area contributed by atoms with Crippen LogP contribution in [0.2, 0.25) is 0 Å². The molecule has 0 aliphatic rings. The molecule has 0 saturated heterocycles. The quantitative estimate of drug-likeness (QED) is 0.869. The number of methoxy groups -OCH3 is 3. The lowest BCUT2D eigenvalue weighted by Crippen LogP contribution is -2.02. The van der Waals surface area contributed by atoms with Gasteiger partial charge < -0.3 is 24.4 Å². The van der Waals surface area contributed by atoms with Gasteiger partial charge in [0, 0.05) is 18.5 Å². The Labute approximate surface area is 117 Å². The first-order valence-electron chi connectivity index (χ1n) is 6.18. The molecule has 6 heteroatoms. The van der Waals surface area contributed by atoms with E-state index in [0.29, 0.717) is 41.9 Å². The summed E-state index contributed by atoms with van der Waals surface area (Å²) in [7, 11) is 4.70. The zero-order valence-corrected chi connectivity index (χ0v) is 11.8. The van der Waals surface area contributed by atoms with Crippen LogP contribution >= 0.6 is 0 Å². The molecule has 0 fully saturated rings. The van der Waals surface area contributed by atoms with Crippen LogP contribution in [0.3, 0.4) is 0 Å². The largest absolute Gasteiger partial charge is 0.493 e. The van der Waals surface area contributed by atoms with E-state index in [4.69, 9.17) is 24.4 Å². The Kier molecular flexibility index (Phi) is 4.47. The smallest absolute Gasteiger partial charge is 0.203 e. The fraction of sp³-hybridized carbons (Fsp3) is 0.357. The molecular formula is C14H18N2O4. The summed E-state index contributed by atoms with van der Waals surface area (Å²) >= 11 is 0. The van der Waals surface area contributed by atoms with Crippen LogP contribution in [0.1, 0.15) is 5.89 Å². The minimum Gasteiger partial charge on any atom is -0.493 e. The van der Waals surface area contributed by atoms with Crippen LogP contribution in [-0.4, -0.2) is 32.9 Å². The SMILES string of the molecule is COc1cc(-c2cnc(CCN)o2)cc(OC)c1OC. The van der Waals surface area contributed by atoms with Crippen molar-refractivity contribution in [3.63, 3.8) is 0 Å². The molecule has 1 heterocycles. The second-order valence-electron chi connectivity index (χ2n) is 4.07. The van der Waals surface area contributed by atoms with Crippen molar-refractivity contribution in [1.29, 1.82) is 0 Å². The highest BCUT2D eigenvalue weighted by molar-refractivity contribution is 5.67. The summed E-state index contributed by atoms with van der Waals surface area (Å²) in [5.74, 6) is 2.92. The number of benzene rings is 1. The van der Waals surface area contributed by atoms with Crippen LogP contribution in [0.5, 0.6) is 17.2 Å². The van der Waals surface area contributed by atoms with Crippen LogP contribution in [-0.2, 0) is 6.42 Å². The number of ether oxygens (including phenoxy) is 3. The number of nitrogens with two attached hydrogens (primary N) is 1. The van der Waals surface area contributed by atoms with Gasteiger partial charge in [0.15, 0.2) is 23.1 Å². The number of rotatable bonds is 6. The van der Waals surface area contributed by atoms with Gasteiger partial charge in [-0.25, -0.2) is 4.98 Å². The highest BCUT2D eigenvalue weighted by Gasteiger charge is 2.16. The van der Waals surface area contributed by atoms with Gasteiger partial charge in [-0.3, -0.25) is 0 Å². The van der Waals surface area contributed by atoms with Gasteiger partial charge in [-0.05, 0) is 12.1 Å². The maximum atomic E-state index is 5.64. The summed E-state index contributed by atoms with van der Waals surface area (Å²) in [6, 6.07) is 3.63. The van der Waals surface area contributed by atoms with Crippen molar-refractivity contribution in [3.8, 4) is 28.6 Å². The average molecular weight is 278 g/mol. The molecule has 6 nitrogen and oxygen atoms in total. The topological polar surface area (TPSA) is 79.7 Å². The summed E-state index contributed by atoms with van der Waals surface area (Å²) in [6.45, 7) is 0.495. The predicted octanol–water partition coefficient (Wildman–Crippen LogP) is 1.87. The molecule has 0 amide bonds. The average Bonchev–Trinajstić information content (AvgIpc) is 2.94. The third-order valence-corrected chi connectivity index (χ3v) is 2.86. The molecule has 108 valence electrons. The minimum atomic E-state index is 0.495. The minimum absolute atomic E-state index is 0.495. The van der Waals surface area contributed by atoms with Crippen LogP contribution < -0.4 is 19.9 Å². The Hall–Kier alpha value is -2.21. The van der Waals surface area contributed by atoms with Gasteiger partial charge >= 0.3 is 0 Å². The second kappa shape index (κ2) is 6.29. The molecule has 2 rings (SSSR count). The fourth-order valence-electron chi connectivity index (χ4n) is 1.91. The normalized spacial score (nSPS) is 10.4. The molecule has 1 aromatic heterocycles. The molecule has 0 aliphatic carbocycles. The van der Waals surface area contributed by atoms with Crippen LogP contribution in [0.4, 0.5) is 0 Å². The van der Waals surface area contributed by atoms with Crippen molar-refractivity contribution in [2.24, 2.45) is 5.73 Å². The van der Waals surface area contributed by atoms with Crippen LogP contribution in [0, 0.1) is 0 Å². The zero-order chi connectivity index (χ0) is 14.5. The Bertz CT molecular complexity index is 555. The van der Waals surface area contributed by atoms with E-state index in [-0.39, 0.29) is 0 Å². The van der Waals surface area contributed by atoms with E-state index in [1.807, 2.05) is 12.1 Å². The molecular weight excluding hydrogens is 260 g/mol. The van der Waals surface area contributed by atoms with E-state index in [1.54, 1.807) is 27.5 Å². The third-order valence-electron chi connectivity index (χ3n) is 2.86. The molecule has 2 N–H and O–H groups in total. The first-order chi connectivity index (χ1) is 9.73. The van der Waals surface area contributed by atoms with Crippen molar-refractivity contribution >= 4 is 0 Å². The summed E-state index contributed by atoms with van der Waals surface area (Å²) in [5.41, 5.74) is 6.28. The lowest BCUT2D eigenvalue weighted by atomic mass is 10.1. The van der Waals surface area contributed by atoms with Gasteiger partial charge in [-0.15, -0.1) is 0 Å².